The lowest BCUT2D eigenvalue weighted by Crippen LogP contribution is -2.32. The topological polar surface area (TPSA) is 41.6 Å². The lowest BCUT2D eigenvalue weighted by atomic mass is 10.1. The molecule has 0 saturated carbocycles. The van der Waals surface area contributed by atoms with Gasteiger partial charge in [0.05, 0.1) is 0 Å². The Kier molecular flexibility index (Phi) is 5.62. The highest BCUT2D eigenvalue weighted by molar-refractivity contribution is 5.78. The molecular formula is C17H26N2O2. The average Bonchev–Trinajstić information content (AvgIpc) is 2.98. The highest BCUT2D eigenvalue weighted by Crippen LogP contribution is 2.23. The number of aryl methyl sites for hydroxylation is 1. The third kappa shape index (κ3) is 4.46. The van der Waals surface area contributed by atoms with Crippen molar-refractivity contribution in [2.45, 2.75) is 46.2 Å². The Morgan fingerprint density at radius 1 is 1.33 bits per heavy atom. The quantitative estimate of drug-likeness (QED) is 0.875. The van der Waals surface area contributed by atoms with Crippen molar-refractivity contribution in [3.05, 3.63) is 29.3 Å². The van der Waals surface area contributed by atoms with E-state index in [1.807, 2.05) is 24.0 Å². The lowest BCUT2D eigenvalue weighted by Gasteiger charge is -2.18. The van der Waals surface area contributed by atoms with Crippen LogP contribution >= 0.6 is 0 Å². The van der Waals surface area contributed by atoms with Crippen LogP contribution < -0.4 is 10.1 Å². The second-order valence-electron chi connectivity index (χ2n) is 5.98. The maximum atomic E-state index is 12.1. The number of carbonyl (C=O) groups excluding carboxylic acids is 1. The van der Waals surface area contributed by atoms with E-state index < -0.39 is 0 Å². The molecule has 1 aromatic rings. The number of hydrogen-bond donors (Lipinski definition) is 1. The number of para-hydroxylation sites is 1. The summed E-state index contributed by atoms with van der Waals surface area (Å²) < 4.78 is 5.84. The summed E-state index contributed by atoms with van der Waals surface area (Å²) in [6.45, 7) is 8.90. The summed E-state index contributed by atoms with van der Waals surface area (Å²) in [7, 11) is 0. The second-order valence-corrected chi connectivity index (χ2v) is 5.98. The van der Waals surface area contributed by atoms with Gasteiger partial charge >= 0.3 is 0 Å². The van der Waals surface area contributed by atoms with Crippen LogP contribution in [0, 0.1) is 6.92 Å². The predicted molar refractivity (Wildman–Crippen MR) is 84.5 cm³/mol. The van der Waals surface area contributed by atoms with Gasteiger partial charge in [0.25, 0.3) is 5.91 Å². The zero-order valence-corrected chi connectivity index (χ0v) is 13.3. The van der Waals surface area contributed by atoms with Crippen LogP contribution in [0.2, 0.25) is 0 Å². The molecule has 0 radical (unpaired) electrons. The maximum Gasteiger partial charge on any atom is 0.260 e. The highest BCUT2D eigenvalue weighted by atomic mass is 16.5. The minimum atomic E-state index is 0.0959. The molecule has 0 bridgehead atoms. The van der Waals surface area contributed by atoms with Crippen LogP contribution in [-0.4, -0.2) is 36.5 Å². The van der Waals surface area contributed by atoms with Crippen LogP contribution in [0.5, 0.6) is 5.75 Å². The van der Waals surface area contributed by atoms with Gasteiger partial charge in [0.2, 0.25) is 0 Å². The first-order chi connectivity index (χ1) is 10.1. The van der Waals surface area contributed by atoms with Crippen LogP contribution in [0.1, 0.15) is 37.8 Å². The molecular weight excluding hydrogens is 264 g/mol. The van der Waals surface area contributed by atoms with Crippen molar-refractivity contribution in [2.75, 3.05) is 19.7 Å². The molecule has 21 heavy (non-hydrogen) atoms. The molecule has 116 valence electrons. The standard InChI is InChI=1S/C17H26N2O2/c1-13(2)18-11-15-8-6-7-14(3)17(15)21-12-16(20)19-9-4-5-10-19/h6-8,13,18H,4-5,9-12H2,1-3H3. The number of likely N-dealkylation sites (tertiary alicyclic amines) is 1. The van der Waals surface area contributed by atoms with E-state index in [0.717, 1.165) is 49.4 Å². The minimum absolute atomic E-state index is 0.0959. The summed E-state index contributed by atoms with van der Waals surface area (Å²) in [5.74, 6) is 0.941. The molecule has 1 amide bonds. The maximum absolute atomic E-state index is 12.1. The third-order valence-corrected chi connectivity index (χ3v) is 3.79. The first-order valence-corrected chi connectivity index (χ1v) is 7.80. The van der Waals surface area contributed by atoms with E-state index in [2.05, 4.69) is 25.2 Å². The van der Waals surface area contributed by atoms with Gasteiger partial charge in [-0.15, -0.1) is 0 Å². The van der Waals surface area contributed by atoms with Crippen molar-refractivity contribution in [3.8, 4) is 5.75 Å². The number of rotatable bonds is 6. The number of nitrogens with zero attached hydrogens (tertiary/aromatic N) is 1. The smallest absolute Gasteiger partial charge is 0.260 e. The van der Waals surface area contributed by atoms with Gasteiger partial charge in [-0.2, -0.15) is 0 Å². The fraction of sp³-hybridized carbons (Fsp3) is 0.588. The molecule has 0 atom stereocenters. The molecule has 1 aromatic carbocycles. The SMILES string of the molecule is Cc1cccc(CNC(C)C)c1OCC(=O)N1CCCC1. The Balaban J connectivity index is 1.99. The lowest BCUT2D eigenvalue weighted by molar-refractivity contribution is -0.132. The molecule has 0 aliphatic carbocycles. The summed E-state index contributed by atoms with van der Waals surface area (Å²) in [6.07, 6.45) is 2.22. The number of amides is 1. The van der Waals surface area contributed by atoms with E-state index in [4.69, 9.17) is 4.74 Å². The van der Waals surface area contributed by atoms with E-state index in [1.165, 1.54) is 0 Å². The molecule has 1 fully saturated rings. The van der Waals surface area contributed by atoms with Crippen LogP contribution in [0.4, 0.5) is 0 Å². The van der Waals surface area contributed by atoms with Gasteiger partial charge in [-0.1, -0.05) is 32.0 Å². The van der Waals surface area contributed by atoms with Crippen LogP contribution in [0.3, 0.4) is 0 Å². The van der Waals surface area contributed by atoms with Crippen LogP contribution in [-0.2, 0) is 11.3 Å². The van der Waals surface area contributed by atoms with Crippen molar-refractivity contribution in [1.29, 1.82) is 0 Å². The fourth-order valence-electron chi connectivity index (χ4n) is 2.56. The first kappa shape index (κ1) is 15.8. The Labute approximate surface area is 127 Å². The molecule has 1 saturated heterocycles. The van der Waals surface area contributed by atoms with E-state index in [-0.39, 0.29) is 12.5 Å². The fourth-order valence-corrected chi connectivity index (χ4v) is 2.56. The summed E-state index contributed by atoms with van der Waals surface area (Å²) >= 11 is 0. The molecule has 1 N–H and O–H groups in total. The molecule has 0 unspecified atom stereocenters. The van der Waals surface area contributed by atoms with Gasteiger partial charge in [0.15, 0.2) is 6.61 Å². The molecule has 4 heteroatoms. The summed E-state index contributed by atoms with van der Waals surface area (Å²) in [4.78, 5) is 14.0. The average molecular weight is 290 g/mol. The van der Waals surface area contributed by atoms with Crippen LogP contribution in [0.15, 0.2) is 18.2 Å². The minimum Gasteiger partial charge on any atom is -0.483 e. The van der Waals surface area contributed by atoms with Crippen molar-refractivity contribution >= 4 is 5.91 Å². The number of nitrogens with one attached hydrogen (secondary N) is 1. The van der Waals surface area contributed by atoms with Crippen molar-refractivity contribution in [1.82, 2.24) is 10.2 Å². The molecule has 1 heterocycles. The Morgan fingerprint density at radius 2 is 2.05 bits per heavy atom. The summed E-state index contributed by atoms with van der Waals surface area (Å²) in [6, 6.07) is 6.53. The summed E-state index contributed by atoms with van der Waals surface area (Å²) in [5, 5.41) is 3.40. The van der Waals surface area contributed by atoms with Gasteiger partial charge in [0.1, 0.15) is 5.75 Å². The number of benzene rings is 1. The van der Waals surface area contributed by atoms with Gasteiger partial charge in [-0.25, -0.2) is 0 Å². The Bertz CT molecular complexity index is 480. The molecule has 0 aromatic heterocycles. The predicted octanol–water partition coefficient (Wildman–Crippen LogP) is 2.49. The zero-order chi connectivity index (χ0) is 15.2. The van der Waals surface area contributed by atoms with Gasteiger partial charge in [-0.3, -0.25) is 4.79 Å². The summed E-state index contributed by atoms with van der Waals surface area (Å²) in [5.41, 5.74) is 2.19. The normalized spacial score (nSPS) is 14.8. The molecule has 4 nitrogen and oxygen atoms in total. The number of hydrogen-bond acceptors (Lipinski definition) is 3. The van der Waals surface area contributed by atoms with E-state index in [1.54, 1.807) is 0 Å². The van der Waals surface area contributed by atoms with E-state index >= 15 is 0 Å². The Hall–Kier alpha value is -1.55. The largest absolute Gasteiger partial charge is 0.483 e. The van der Waals surface area contributed by atoms with E-state index in [9.17, 15) is 4.79 Å². The van der Waals surface area contributed by atoms with Crippen molar-refractivity contribution in [2.24, 2.45) is 0 Å². The third-order valence-electron chi connectivity index (χ3n) is 3.79. The second kappa shape index (κ2) is 7.46. The van der Waals surface area contributed by atoms with Gasteiger partial charge in [-0.05, 0) is 25.3 Å². The highest BCUT2D eigenvalue weighted by Gasteiger charge is 2.19. The number of ether oxygens (including phenoxy) is 1. The van der Waals surface area contributed by atoms with Crippen molar-refractivity contribution < 1.29 is 9.53 Å². The molecule has 2 rings (SSSR count). The van der Waals surface area contributed by atoms with Crippen molar-refractivity contribution in [3.63, 3.8) is 0 Å². The monoisotopic (exact) mass is 290 g/mol. The number of carbonyl (C=O) groups is 1. The van der Waals surface area contributed by atoms with Crippen LogP contribution in [0.25, 0.3) is 0 Å². The Morgan fingerprint density at radius 3 is 2.71 bits per heavy atom. The zero-order valence-electron chi connectivity index (χ0n) is 13.3. The van der Waals surface area contributed by atoms with Gasteiger partial charge in [0, 0.05) is 31.2 Å². The molecule has 1 aliphatic heterocycles. The van der Waals surface area contributed by atoms with E-state index in [0.29, 0.717) is 6.04 Å². The molecule has 0 spiro atoms. The first-order valence-electron chi connectivity index (χ1n) is 7.80. The van der Waals surface area contributed by atoms with Gasteiger partial charge < -0.3 is 15.0 Å². The molecule has 1 aliphatic rings.